The highest BCUT2D eigenvalue weighted by molar-refractivity contribution is 8.00. The molecule has 0 aromatic heterocycles. The van der Waals surface area contributed by atoms with Crippen LogP contribution >= 0.6 is 11.8 Å². The maximum Gasteiger partial charge on any atom is 0.261 e. The minimum Gasteiger partial charge on any atom is -0.295 e. The number of rotatable bonds is 5. The van der Waals surface area contributed by atoms with E-state index in [-0.39, 0.29) is 33.2 Å². The van der Waals surface area contributed by atoms with Crippen molar-refractivity contribution in [1.82, 2.24) is 0 Å². The molecule has 1 amide bonds. The summed E-state index contributed by atoms with van der Waals surface area (Å²) in [6.45, 7) is 6.21. The number of carbonyl (C=O) groups excluding carboxylic acids is 1. The molecule has 1 N–H and O–H groups in total. The first-order valence-electron chi connectivity index (χ1n) is 10.5. The predicted molar refractivity (Wildman–Crippen MR) is 131 cm³/mol. The third kappa shape index (κ3) is 5.07. The van der Waals surface area contributed by atoms with E-state index in [0.29, 0.717) is 11.4 Å². The van der Waals surface area contributed by atoms with E-state index < -0.39 is 10.0 Å². The Morgan fingerprint density at radius 2 is 1.67 bits per heavy atom. The molecule has 5 nitrogen and oxygen atoms in total. The van der Waals surface area contributed by atoms with Crippen LogP contribution in [0.4, 0.5) is 15.8 Å². The highest BCUT2D eigenvalue weighted by Gasteiger charge is 2.34. The van der Waals surface area contributed by atoms with Gasteiger partial charge in [0, 0.05) is 11.4 Å². The van der Waals surface area contributed by atoms with Gasteiger partial charge in [-0.3, -0.25) is 14.4 Å². The van der Waals surface area contributed by atoms with Crippen LogP contribution in [-0.4, -0.2) is 20.1 Å². The normalized spacial score (nSPS) is 16.8. The Morgan fingerprint density at radius 3 is 2.30 bits per heavy atom. The van der Waals surface area contributed by atoms with Crippen molar-refractivity contribution in [2.45, 2.75) is 36.5 Å². The number of benzene rings is 3. The van der Waals surface area contributed by atoms with Crippen molar-refractivity contribution in [3.05, 3.63) is 89.7 Å². The Labute approximate surface area is 198 Å². The van der Waals surface area contributed by atoms with Gasteiger partial charge in [0.1, 0.15) is 11.2 Å². The van der Waals surface area contributed by atoms with Crippen molar-refractivity contribution in [1.29, 1.82) is 0 Å². The second-order valence-corrected chi connectivity index (χ2v) is 11.7. The Hall–Kier alpha value is -2.84. The fourth-order valence-corrected chi connectivity index (χ4v) is 5.87. The van der Waals surface area contributed by atoms with Crippen LogP contribution in [-0.2, 0) is 20.2 Å². The summed E-state index contributed by atoms with van der Waals surface area (Å²) in [5.74, 6) is -0.166. The molecule has 0 radical (unpaired) electrons. The summed E-state index contributed by atoms with van der Waals surface area (Å²) >= 11 is 1.44. The van der Waals surface area contributed by atoms with Gasteiger partial charge in [0.05, 0.1) is 10.6 Å². The highest BCUT2D eigenvalue weighted by Crippen LogP contribution is 2.42. The van der Waals surface area contributed by atoms with Crippen molar-refractivity contribution < 1.29 is 17.6 Å². The van der Waals surface area contributed by atoms with E-state index in [1.807, 2.05) is 18.2 Å². The number of nitrogens with zero attached hydrogens (tertiary/aromatic N) is 1. The van der Waals surface area contributed by atoms with E-state index >= 15 is 0 Å². The van der Waals surface area contributed by atoms with Gasteiger partial charge in [0.25, 0.3) is 10.0 Å². The van der Waals surface area contributed by atoms with E-state index in [4.69, 9.17) is 0 Å². The van der Waals surface area contributed by atoms with Crippen molar-refractivity contribution in [2.24, 2.45) is 0 Å². The first-order valence-corrected chi connectivity index (χ1v) is 13.0. The third-order valence-corrected chi connectivity index (χ3v) is 8.04. The minimum absolute atomic E-state index is 0.0726. The molecule has 1 aliphatic rings. The Morgan fingerprint density at radius 1 is 1.00 bits per heavy atom. The topological polar surface area (TPSA) is 66.5 Å². The average molecular weight is 485 g/mol. The summed E-state index contributed by atoms with van der Waals surface area (Å²) < 4.78 is 41.9. The largest absolute Gasteiger partial charge is 0.295 e. The smallest absolute Gasteiger partial charge is 0.261 e. The predicted octanol–water partition coefficient (Wildman–Crippen LogP) is 5.70. The molecule has 1 atom stereocenters. The van der Waals surface area contributed by atoms with Gasteiger partial charge in [-0.1, -0.05) is 45.0 Å². The Bertz CT molecular complexity index is 1270. The first kappa shape index (κ1) is 23.3. The molecule has 3 aromatic rings. The highest BCUT2D eigenvalue weighted by atomic mass is 32.2. The lowest BCUT2D eigenvalue weighted by molar-refractivity contribution is -0.115. The van der Waals surface area contributed by atoms with Crippen LogP contribution in [0.3, 0.4) is 0 Å². The maximum absolute atomic E-state index is 13.3. The van der Waals surface area contributed by atoms with Crippen LogP contribution in [0.15, 0.2) is 77.7 Å². The standard InChI is InChI=1S/C25H25FN2O3S2/c1-25(2,3)18-7-13-22(14-8-18)33(30,31)27-20-6-4-5-17(15-20)24-28(23(29)16-32-24)21-11-9-19(26)10-12-21/h4-15,24,27H,16H2,1-3H3. The monoisotopic (exact) mass is 484 g/mol. The lowest BCUT2D eigenvalue weighted by Gasteiger charge is -2.25. The Kier molecular flexibility index (Phi) is 6.24. The zero-order valence-corrected chi connectivity index (χ0v) is 20.2. The number of nitrogens with one attached hydrogen (secondary N) is 1. The fraction of sp³-hybridized carbons (Fsp3) is 0.240. The van der Waals surface area contributed by atoms with Gasteiger partial charge < -0.3 is 0 Å². The average Bonchev–Trinajstić information content (AvgIpc) is 3.15. The molecule has 1 fully saturated rings. The second-order valence-electron chi connectivity index (χ2n) is 8.91. The molecule has 8 heteroatoms. The van der Waals surface area contributed by atoms with E-state index in [1.165, 1.54) is 23.9 Å². The Balaban J connectivity index is 1.58. The SMILES string of the molecule is CC(C)(C)c1ccc(S(=O)(=O)Nc2cccc(C3SCC(=O)N3c3ccc(F)cc3)c2)cc1. The van der Waals surface area contributed by atoms with Crippen LogP contribution in [0, 0.1) is 5.82 Å². The molecule has 4 rings (SSSR count). The van der Waals surface area contributed by atoms with E-state index in [9.17, 15) is 17.6 Å². The van der Waals surface area contributed by atoms with Crippen molar-refractivity contribution in [3.8, 4) is 0 Å². The molecule has 33 heavy (non-hydrogen) atoms. The summed E-state index contributed by atoms with van der Waals surface area (Å²) in [5.41, 5.74) is 2.76. The number of halogens is 1. The van der Waals surface area contributed by atoms with Gasteiger partial charge >= 0.3 is 0 Å². The van der Waals surface area contributed by atoms with Gasteiger partial charge in [-0.2, -0.15) is 0 Å². The van der Waals surface area contributed by atoms with E-state index in [1.54, 1.807) is 47.4 Å². The van der Waals surface area contributed by atoms with Gasteiger partial charge in [-0.05, 0) is 65.1 Å². The third-order valence-electron chi connectivity index (χ3n) is 5.43. The van der Waals surface area contributed by atoms with Crippen LogP contribution in [0.25, 0.3) is 0 Å². The first-order chi connectivity index (χ1) is 15.5. The minimum atomic E-state index is -3.78. The molecule has 1 unspecified atom stereocenters. The van der Waals surface area contributed by atoms with Crippen LogP contribution < -0.4 is 9.62 Å². The molecular weight excluding hydrogens is 459 g/mol. The number of hydrogen-bond acceptors (Lipinski definition) is 4. The van der Waals surface area contributed by atoms with Crippen LogP contribution in [0.2, 0.25) is 0 Å². The molecule has 0 spiro atoms. The zero-order chi connectivity index (χ0) is 23.8. The lowest BCUT2D eigenvalue weighted by Crippen LogP contribution is -2.27. The van der Waals surface area contributed by atoms with Gasteiger partial charge in [-0.15, -0.1) is 11.8 Å². The van der Waals surface area contributed by atoms with Crippen molar-refractivity contribution in [2.75, 3.05) is 15.4 Å². The molecule has 1 saturated heterocycles. The molecular formula is C25H25FN2O3S2. The summed E-state index contributed by atoms with van der Waals surface area (Å²) in [7, 11) is -3.78. The number of thioether (sulfide) groups is 1. The van der Waals surface area contributed by atoms with Crippen LogP contribution in [0.5, 0.6) is 0 Å². The summed E-state index contributed by atoms with van der Waals surface area (Å²) in [6, 6.07) is 19.6. The molecule has 3 aromatic carbocycles. The van der Waals surface area contributed by atoms with Gasteiger partial charge in [0.2, 0.25) is 5.91 Å². The number of hydrogen-bond donors (Lipinski definition) is 1. The number of sulfonamides is 1. The summed E-state index contributed by atoms with van der Waals surface area (Å²) in [6.07, 6.45) is 0. The number of amides is 1. The van der Waals surface area contributed by atoms with Gasteiger partial charge in [-0.25, -0.2) is 12.8 Å². The van der Waals surface area contributed by atoms with Gasteiger partial charge in [0.15, 0.2) is 0 Å². The van der Waals surface area contributed by atoms with E-state index in [0.717, 1.165) is 11.1 Å². The second kappa shape index (κ2) is 8.83. The zero-order valence-electron chi connectivity index (χ0n) is 18.6. The number of carbonyl (C=O) groups is 1. The fourth-order valence-electron chi connectivity index (χ4n) is 3.66. The van der Waals surface area contributed by atoms with Crippen molar-refractivity contribution >= 4 is 39.1 Å². The lowest BCUT2D eigenvalue weighted by atomic mass is 9.87. The molecule has 0 bridgehead atoms. The number of anilines is 2. The maximum atomic E-state index is 13.3. The molecule has 1 heterocycles. The quantitative estimate of drug-likeness (QED) is 0.504. The molecule has 0 saturated carbocycles. The molecule has 172 valence electrons. The molecule has 1 aliphatic heterocycles. The summed E-state index contributed by atoms with van der Waals surface area (Å²) in [4.78, 5) is 14.3. The molecule has 0 aliphatic carbocycles. The van der Waals surface area contributed by atoms with E-state index in [2.05, 4.69) is 25.5 Å². The van der Waals surface area contributed by atoms with Crippen LogP contribution in [0.1, 0.15) is 37.3 Å². The van der Waals surface area contributed by atoms with Crippen molar-refractivity contribution in [3.63, 3.8) is 0 Å². The summed E-state index contributed by atoms with van der Waals surface area (Å²) in [5, 5.41) is -0.335.